The molecule has 2 aromatic carbocycles. The van der Waals surface area contributed by atoms with Gasteiger partial charge in [-0.1, -0.05) is 50.2 Å². The molecule has 2 aliphatic heterocycles. The number of amides is 1. The zero-order valence-electron chi connectivity index (χ0n) is 25.6. The molecule has 2 aromatic rings. The zero-order valence-corrected chi connectivity index (χ0v) is 25.6. The summed E-state index contributed by atoms with van der Waals surface area (Å²) in [5.41, 5.74) is 1.30. The topological polar surface area (TPSA) is 90.3 Å². The van der Waals surface area contributed by atoms with Crippen molar-refractivity contribution in [3.05, 3.63) is 59.2 Å². The average Bonchev–Trinajstić information content (AvgIpc) is 3.74. The van der Waals surface area contributed by atoms with Crippen LogP contribution in [0.25, 0.3) is 0 Å². The van der Waals surface area contributed by atoms with Crippen LogP contribution in [0.4, 0.5) is 0 Å². The maximum atomic E-state index is 14.0. The van der Waals surface area contributed by atoms with Crippen molar-refractivity contribution in [3.8, 4) is 11.5 Å². The van der Waals surface area contributed by atoms with E-state index in [2.05, 4.69) is 18.7 Å². The molecule has 3 aliphatic carbocycles. The Bertz CT molecular complexity index is 1390. The van der Waals surface area contributed by atoms with Crippen LogP contribution < -0.4 is 4.74 Å². The van der Waals surface area contributed by atoms with E-state index in [1.165, 1.54) is 18.4 Å². The van der Waals surface area contributed by atoms with E-state index in [1.54, 1.807) is 6.07 Å². The Morgan fingerprint density at radius 3 is 2.56 bits per heavy atom. The van der Waals surface area contributed by atoms with Gasteiger partial charge in [-0.3, -0.25) is 14.5 Å². The van der Waals surface area contributed by atoms with E-state index in [0.29, 0.717) is 50.8 Å². The monoisotopic (exact) mass is 586 g/mol. The first-order valence-electron chi connectivity index (χ1n) is 16.6. The van der Waals surface area contributed by atoms with Crippen molar-refractivity contribution in [2.45, 2.75) is 107 Å². The second kappa shape index (κ2) is 10.9. The molecule has 1 spiro atoms. The number of aromatic hydroxyl groups is 1. The number of ether oxygens (including phenoxy) is 1. The van der Waals surface area contributed by atoms with E-state index in [9.17, 15) is 19.8 Å². The van der Waals surface area contributed by atoms with Crippen molar-refractivity contribution in [1.82, 2.24) is 9.80 Å². The van der Waals surface area contributed by atoms with Gasteiger partial charge in [0.25, 0.3) is 0 Å². The zero-order chi connectivity index (χ0) is 29.9. The van der Waals surface area contributed by atoms with Crippen molar-refractivity contribution in [3.63, 3.8) is 0 Å². The van der Waals surface area contributed by atoms with Crippen LogP contribution in [0.1, 0.15) is 93.1 Å². The van der Waals surface area contributed by atoms with Gasteiger partial charge in [0.1, 0.15) is 6.10 Å². The number of benzene rings is 2. The molecule has 2 heterocycles. The molecule has 0 radical (unpaired) electrons. The summed E-state index contributed by atoms with van der Waals surface area (Å²) >= 11 is 0. The Kier molecular flexibility index (Phi) is 7.32. The van der Waals surface area contributed by atoms with Crippen LogP contribution in [-0.2, 0) is 16.6 Å². The number of hydrogen-bond donors (Lipinski definition) is 2. The Hall–Kier alpha value is -2.90. The van der Waals surface area contributed by atoms with Crippen molar-refractivity contribution < 1.29 is 24.5 Å². The largest absolute Gasteiger partial charge is 0.504 e. The van der Waals surface area contributed by atoms with Gasteiger partial charge < -0.3 is 19.8 Å². The summed E-state index contributed by atoms with van der Waals surface area (Å²) in [7, 11) is 0. The molecule has 2 bridgehead atoms. The molecule has 3 unspecified atom stereocenters. The second-order valence-electron chi connectivity index (χ2n) is 14.3. The summed E-state index contributed by atoms with van der Waals surface area (Å²) in [6.07, 6.45) is 7.13. The van der Waals surface area contributed by atoms with Crippen LogP contribution in [0.3, 0.4) is 0 Å². The average molecular weight is 587 g/mol. The molecule has 0 aromatic heterocycles. The normalized spacial score (nSPS) is 30.6. The third-order valence-electron chi connectivity index (χ3n) is 11.2. The fourth-order valence-corrected chi connectivity index (χ4v) is 9.06. The first-order chi connectivity index (χ1) is 20.7. The van der Waals surface area contributed by atoms with Crippen LogP contribution in [-0.4, -0.2) is 75.1 Å². The minimum Gasteiger partial charge on any atom is -0.504 e. The minimum atomic E-state index is -0.961. The number of carbonyl (C=O) groups is 2. The molecule has 7 rings (SSSR count). The third-order valence-corrected chi connectivity index (χ3v) is 11.2. The molecular weight excluding hydrogens is 540 g/mol. The van der Waals surface area contributed by atoms with Gasteiger partial charge in [0, 0.05) is 43.1 Å². The number of likely N-dealkylation sites (tertiary alicyclic amines) is 1. The summed E-state index contributed by atoms with van der Waals surface area (Å²) in [6.45, 7) is 6.84. The van der Waals surface area contributed by atoms with Gasteiger partial charge in [-0.15, -0.1) is 0 Å². The van der Waals surface area contributed by atoms with E-state index < -0.39 is 17.1 Å². The van der Waals surface area contributed by atoms with Crippen molar-refractivity contribution in [2.24, 2.45) is 11.8 Å². The van der Waals surface area contributed by atoms with Crippen LogP contribution in [0, 0.1) is 11.8 Å². The van der Waals surface area contributed by atoms with Crippen molar-refractivity contribution >= 4 is 11.7 Å². The molecule has 7 heteroatoms. The summed E-state index contributed by atoms with van der Waals surface area (Å²) in [4.78, 5) is 31.2. The van der Waals surface area contributed by atoms with Crippen LogP contribution >= 0.6 is 0 Å². The molecule has 3 fully saturated rings. The summed E-state index contributed by atoms with van der Waals surface area (Å²) < 4.78 is 6.77. The van der Waals surface area contributed by atoms with Gasteiger partial charge in [-0.2, -0.15) is 0 Å². The van der Waals surface area contributed by atoms with Gasteiger partial charge in [-0.05, 0) is 81.4 Å². The number of nitrogens with zero attached hydrogens (tertiary/aromatic N) is 2. The third kappa shape index (κ3) is 4.69. The predicted molar refractivity (Wildman–Crippen MR) is 164 cm³/mol. The summed E-state index contributed by atoms with van der Waals surface area (Å²) in [5, 5.41) is 23.8. The van der Waals surface area contributed by atoms with E-state index in [1.807, 2.05) is 41.3 Å². The molecule has 43 heavy (non-hydrogen) atoms. The molecule has 5 atom stereocenters. The number of hydrogen-bond acceptors (Lipinski definition) is 6. The maximum Gasteiger partial charge on any atom is 0.222 e. The van der Waals surface area contributed by atoms with Crippen LogP contribution in [0.15, 0.2) is 42.5 Å². The predicted octanol–water partition coefficient (Wildman–Crippen LogP) is 5.25. The SMILES string of the molecule is CC(C)CN(C(=O)CCCCC(=O)c1ccccc1)C1CCC2(O)[C@H]3Cc4ccc(O)c5c4[C@@]2(CCN3CC2CC2)C1O5. The quantitative estimate of drug-likeness (QED) is 0.276. The number of aliphatic hydroxyl groups is 1. The number of piperidine rings is 1. The number of rotatable bonds is 11. The smallest absolute Gasteiger partial charge is 0.222 e. The van der Waals surface area contributed by atoms with E-state index in [4.69, 9.17) is 4.74 Å². The number of Topliss-reactive ketones (excluding diaryl/α,β-unsaturated/α-hetero) is 1. The van der Waals surface area contributed by atoms with Crippen LogP contribution in [0.2, 0.25) is 0 Å². The van der Waals surface area contributed by atoms with Crippen molar-refractivity contribution in [1.29, 1.82) is 0 Å². The number of phenolic OH excluding ortho intramolecular Hbond substituents is 1. The minimum absolute atomic E-state index is 0.0216. The lowest BCUT2D eigenvalue weighted by Crippen LogP contribution is -2.78. The fourth-order valence-electron chi connectivity index (χ4n) is 9.06. The first-order valence-corrected chi connectivity index (χ1v) is 16.6. The summed E-state index contributed by atoms with van der Waals surface area (Å²) in [5.74, 6) is 1.88. The Morgan fingerprint density at radius 1 is 1.05 bits per heavy atom. The van der Waals surface area contributed by atoms with E-state index >= 15 is 0 Å². The molecule has 2 saturated carbocycles. The molecule has 1 saturated heterocycles. The number of carbonyl (C=O) groups excluding carboxylic acids is 2. The van der Waals surface area contributed by atoms with Gasteiger partial charge in [0.2, 0.25) is 5.91 Å². The first kappa shape index (κ1) is 28.8. The van der Waals surface area contributed by atoms with Gasteiger partial charge in [0.05, 0.1) is 17.1 Å². The lowest BCUT2D eigenvalue weighted by atomic mass is 9.48. The highest BCUT2D eigenvalue weighted by atomic mass is 16.5. The van der Waals surface area contributed by atoms with E-state index in [0.717, 1.165) is 43.0 Å². The Morgan fingerprint density at radius 2 is 1.81 bits per heavy atom. The maximum absolute atomic E-state index is 14.0. The number of ketones is 1. The molecule has 7 nitrogen and oxygen atoms in total. The molecule has 2 N–H and O–H groups in total. The number of phenols is 1. The Labute approximate surface area is 255 Å². The highest BCUT2D eigenvalue weighted by molar-refractivity contribution is 5.96. The Balaban J connectivity index is 1.14. The molecular formula is C36H46N2O5. The van der Waals surface area contributed by atoms with Crippen LogP contribution in [0.5, 0.6) is 11.5 Å². The summed E-state index contributed by atoms with van der Waals surface area (Å²) in [6, 6.07) is 13.0. The van der Waals surface area contributed by atoms with Gasteiger partial charge in [0.15, 0.2) is 17.3 Å². The van der Waals surface area contributed by atoms with Crippen molar-refractivity contribution in [2.75, 3.05) is 19.6 Å². The van der Waals surface area contributed by atoms with E-state index in [-0.39, 0.29) is 35.4 Å². The lowest BCUT2D eigenvalue weighted by Gasteiger charge is -2.65. The van der Waals surface area contributed by atoms with Gasteiger partial charge in [-0.25, -0.2) is 0 Å². The standard InChI is InChI=1S/C36H46N2O5/c1-23(2)21-38(31(41)11-7-6-10-28(39)25-8-4-3-5-9-25)27-16-17-36(42)30-20-26-14-15-29(40)33-32(26)35(36,34(27)43-33)18-19-37(30)22-24-12-13-24/h3-5,8-9,14-15,23-24,27,30,34,40,42H,6-7,10-13,16-22H2,1-2H3/t27?,30-,34?,35+,36?/m1/s1. The molecule has 1 amide bonds. The molecule has 5 aliphatic rings. The van der Waals surface area contributed by atoms with Gasteiger partial charge >= 0.3 is 0 Å². The fraction of sp³-hybridized carbons (Fsp3) is 0.611. The lowest BCUT2D eigenvalue weighted by molar-refractivity contribution is -0.202. The highest BCUT2D eigenvalue weighted by Gasteiger charge is 2.73. The number of unbranched alkanes of at least 4 members (excludes halogenated alkanes) is 1. The molecule has 230 valence electrons. The highest BCUT2D eigenvalue weighted by Crippen LogP contribution is 2.66. The second-order valence-corrected chi connectivity index (χ2v) is 14.3.